The number of hydrogen-bond acceptors (Lipinski definition) is 4. The predicted molar refractivity (Wildman–Crippen MR) is 134 cm³/mol. The zero-order valence-corrected chi connectivity index (χ0v) is 20.5. The van der Waals surface area contributed by atoms with E-state index >= 15 is 0 Å². The third-order valence-electron chi connectivity index (χ3n) is 4.56. The molecule has 3 aromatic rings. The van der Waals surface area contributed by atoms with Crippen molar-refractivity contribution in [1.82, 2.24) is 0 Å². The second-order valence-electron chi connectivity index (χ2n) is 7.18. The van der Waals surface area contributed by atoms with Gasteiger partial charge in [0.2, 0.25) is 0 Å². The van der Waals surface area contributed by atoms with Gasteiger partial charge in [-0.2, -0.15) is 5.26 Å². The van der Waals surface area contributed by atoms with Crippen molar-refractivity contribution in [2.24, 2.45) is 0 Å². The average Bonchev–Trinajstić information content (AvgIpc) is 2.77. The SMILES string of the molecule is CCOc1cc(/C=C(\C#N)C(=O)Nc2cccc(Cl)c2)cc(Br)c1OCc1cccc(C)c1. The Bertz CT molecular complexity index is 1230. The van der Waals surface area contributed by atoms with Crippen LogP contribution in [0.5, 0.6) is 11.5 Å². The first-order chi connectivity index (χ1) is 15.9. The number of carbonyl (C=O) groups excluding carboxylic acids is 1. The lowest BCUT2D eigenvalue weighted by Crippen LogP contribution is -2.13. The summed E-state index contributed by atoms with van der Waals surface area (Å²) in [7, 11) is 0. The number of nitrogens with zero attached hydrogens (tertiary/aromatic N) is 1. The Morgan fingerprint density at radius 3 is 2.64 bits per heavy atom. The normalized spacial score (nSPS) is 10.9. The van der Waals surface area contributed by atoms with Crippen LogP contribution >= 0.6 is 27.5 Å². The lowest BCUT2D eigenvalue weighted by molar-refractivity contribution is -0.112. The minimum atomic E-state index is -0.534. The van der Waals surface area contributed by atoms with E-state index in [1.54, 1.807) is 36.4 Å². The molecule has 0 saturated carbocycles. The van der Waals surface area contributed by atoms with Crippen molar-refractivity contribution in [2.75, 3.05) is 11.9 Å². The van der Waals surface area contributed by atoms with Crippen LogP contribution in [0.2, 0.25) is 5.02 Å². The number of rotatable bonds is 8. The minimum Gasteiger partial charge on any atom is -0.490 e. The first-order valence-electron chi connectivity index (χ1n) is 10.2. The quantitative estimate of drug-likeness (QED) is 0.256. The van der Waals surface area contributed by atoms with Crippen LogP contribution in [0, 0.1) is 18.3 Å². The second-order valence-corrected chi connectivity index (χ2v) is 8.47. The fraction of sp³-hybridized carbons (Fsp3) is 0.154. The Balaban J connectivity index is 1.85. The molecular weight excluding hydrogens is 504 g/mol. The smallest absolute Gasteiger partial charge is 0.266 e. The van der Waals surface area contributed by atoms with Crippen molar-refractivity contribution >= 4 is 45.2 Å². The number of nitriles is 1. The maximum absolute atomic E-state index is 12.6. The van der Waals surface area contributed by atoms with Crippen LogP contribution in [-0.2, 0) is 11.4 Å². The molecular formula is C26H22BrClN2O3. The molecule has 1 amide bonds. The maximum atomic E-state index is 12.6. The third-order valence-corrected chi connectivity index (χ3v) is 5.38. The maximum Gasteiger partial charge on any atom is 0.266 e. The predicted octanol–water partition coefficient (Wildman–Crippen LogP) is 6.93. The second kappa shape index (κ2) is 11.6. The lowest BCUT2D eigenvalue weighted by atomic mass is 10.1. The third kappa shape index (κ3) is 6.85. The number of anilines is 1. The fourth-order valence-electron chi connectivity index (χ4n) is 3.11. The van der Waals surface area contributed by atoms with Crippen LogP contribution < -0.4 is 14.8 Å². The summed E-state index contributed by atoms with van der Waals surface area (Å²) in [4.78, 5) is 12.6. The van der Waals surface area contributed by atoms with Crippen LogP contribution in [-0.4, -0.2) is 12.5 Å². The summed E-state index contributed by atoms with van der Waals surface area (Å²) >= 11 is 9.50. The molecule has 5 nitrogen and oxygen atoms in total. The number of nitrogens with one attached hydrogen (secondary N) is 1. The Morgan fingerprint density at radius 2 is 1.94 bits per heavy atom. The van der Waals surface area contributed by atoms with Gasteiger partial charge in [-0.1, -0.05) is 47.5 Å². The molecule has 0 aliphatic rings. The fourth-order valence-corrected chi connectivity index (χ4v) is 3.88. The van der Waals surface area contributed by atoms with E-state index in [-0.39, 0.29) is 5.57 Å². The summed E-state index contributed by atoms with van der Waals surface area (Å²) in [6, 6.07) is 20.3. The summed E-state index contributed by atoms with van der Waals surface area (Å²) in [5, 5.41) is 12.7. The van der Waals surface area contributed by atoms with Crippen molar-refractivity contribution in [3.63, 3.8) is 0 Å². The van der Waals surface area contributed by atoms with Gasteiger partial charge in [0.1, 0.15) is 18.2 Å². The van der Waals surface area contributed by atoms with Gasteiger partial charge < -0.3 is 14.8 Å². The summed E-state index contributed by atoms with van der Waals surface area (Å²) < 4.78 is 12.5. The van der Waals surface area contributed by atoms with E-state index in [9.17, 15) is 10.1 Å². The van der Waals surface area contributed by atoms with Gasteiger partial charge in [0.15, 0.2) is 11.5 Å². The Morgan fingerprint density at radius 1 is 1.15 bits per heavy atom. The zero-order valence-electron chi connectivity index (χ0n) is 18.2. The van der Waals surface area contributed by atoms with Gasteiger partial charge in [0, 0.05) is 10.7 Å². The van der Waals surface area contributed by atoms with E-state index in [2.05, 4.69) is 27.3 Å². The molecule has 3 aromatic carbocycles. The van der Waals surface area contributed by atoms with Crippen molar-refractivity contribution in [3.05, 3.63) is 92.4 Å². The Hall–Kier alpha value is -3.27. The topological polar surface area (TPSA) is 71.3 Å². The first kappa shape index (κ1) is 24.4. The van der Waals surface area contributed by atoms with Crippen molar-refractivity contribution in [2.45, 2.75) is 20.5 Å². The molecule has 0 atom stereocenters. The molecule has 0 radical (unpaired) electrons. The van der Waals surface area contributed by atoms with Gasteiger partial charge in [0.05, 0.1) is 11.1 Å². The number of benzene rings is 3. The molecule has 0 aliphatic heterocycles. The van der Waals surface area contributed by atoms with Gasteiger partial charge >= 0.3 is 0 Å². The molecule has 7 heteroatoms. The van der Waals surface area contributed by atoms with Crippen LogP contribution in [0.25, 0.3) is 6.08 Å². The zero-order chi connectivity index (χ0) is 23.8. The molecule has 3 rings (SSSR count). The average molecular weight is 526 g/mol. The van der Waals surface area contributed by atoms with Crippen LogP contribution in [0.3, 0.4) is 0 Å². The molecule has 1 N–H and O–H groups in total. The van der Waals surface area contributed by atoms with Crippen LogP contribution in [0.1, 0.15) is 23.6 Å². The highest BCUT2D eigenvalue weighted by molar-refractivity contribution is 9.10. The van der Waals surface area contributed by atoms with E-state index in [1.165, 1.54) is 6.08 Å². The first-order valence-corrected chi connectivity index (χ1v) is 11.4. The Kier molecular flexibility index (Phi) is 8.53. The summed E-state index contributed by atoms with van der Waals surface area (Å²) in [6.45, 7) is 4.71. The number of hydrogen-bond donors (Lipinski definition) is 1. The van der Waals surface area contributed by atoms with Gasteiger partial charge in [0.25, 0.3) is 5.91 Å². The van der Waals surface area contributed by atoms with Crippen molar-refractivity contribution in [3.8, 4) is 17.6 Å². The highest BCUT2D eigenvalue weighted by atomic mass is 79.9. The molecule has 0 aromatic heterocycles. The monoisotopic (exact) mass is 524 g/mol. The number of halogens is 2. The molecule has 0 spiro atoms. The van der Waals surface area contributed by atoms with E-state index in [0.717, 1.165) is 11.1 Å². The van der Waals surface area contributed by atoms with Gasteiger partial charge in [-0.05, 0) is 77.3 Å². The van der Waals surface area contributed by atoms with Gasteiger partial charge in [-0.25, -0.2) is 0 Å². The highest BCUT2D eigenvalue weighted by Crippen LogP contribution is 2.38. The highest BCUT2D eigenvalue weighted by Gasteiger charge is 2.15. The van der Waals surface area contributed by atoms with Crippen molar-refractivity contribution in [1.29, 1.82) is 5.26 Å². The molecule has 0 saturated heterocycles. The number of carbonyl (C=O) groups is 1. The van der Waals surface area contributed by atoms with E-state index in [4.69, 9.17) is 21.1 Å². The molecule has 0 aliphatic carbocycles. The molecule has 0 heterocycles. The molecule has 168 valence electrons. The summed E-state index contributed by atoms with van der Waals surface area (Å²) in [5.41, 5.74) is 3.26. The summed E-state index contributed by atoms with van der Waals surface area (Å²) in [6.07, 6.45) is 1.50. The largest absolute Gasteiger partial charge is 0.490 e. The van der Waals surface area contributed by atoms with E-state index in [1.807, 2.05) is 38.1 Å². The Labute approximate surface area is 206 Å². The minimum absolute atomic E-state index is 0.0576. The van der Waals surface area contributed by atoms with E-state index in [0.29, 0.717) is 45.5 Å². The van der Waals surface area contributed by atoms with Gasteiger partial charge in [-0.3, -0.25) is 4.79 Å². The molecule has 0 fully saturated rings. The van der Waals surface area contributed by atoms with Gasteiger partial charge in [-0.15, -0.1) is 0 Å². The molecule has 33 heavy (non-hydrogen) atoms. The number of amides is 1. The van der Waals surface area contributed by atoms with Crippen LogP contribution in [0.15, 0.2) is 70.7 Å². The summed E-state index contributed by atoms with van der Waals surface area (Å²) in [5.74, 6) is 0.532. The lowest BCUT2D eigenvalue weighted by Gasteiger charge is -2.15. The number of ether oxygens (including phenoxy) is 2. The van der Waals surface area contributed by atoms with Crippen molar-refractivity contribution < 1.29 is 14.3 Å². The van der Waals surface area contributed by atoms with Crippen LogP contribution in [0.4, 0.5) is 5.69 Å². The van der Waals surface area contributed by atoms with E-state index < -0.39 is 5.91 Å². The molecule has 0 bridgehead atoms. The standard InChI is InChI=1S/C26H22BrClN2O3/c1-3-32-24-13-19(11-20(15-29)26(31)30-22-9-5-8-21(28)14-22)12-23(27)25(24)33-16-18-7-4-6-17(2)10-18/h4-14H,3,16H2,1-2H3,(H,30,31)/b20-11+. The molecule has 0 unspecified atom stereocenters. The number of aryl methyl sites for hydroxylation is 1.